The fourth-order valence-electron chi connectivity index (χ4n) is 5.01. The standard InChI is InChI=1S/C20H23BrN2O.C9H10BrN/c1-3-23(4-2)17-9-5-14(6-10-17)20(24)22-19-12-7-15-13-16(21)8-11-18(15)19;10-7-2-3-8-6(5-7)1-4-9(8)11/h5-6,8-11,13,19H,3-4,7,12H2,1-2H3,(H,22,24);2-3,5,9H,1,4,11H2. The van der Waals surface area contributed by atoms with Crippen LogP contribution in [0.3, 0.4) is 0 Å². The first kappa shape index (κ1) is 25.9. The van der Waals surface area contributed by atoms with E-state index in [-0.39, 0.29) is 18.0 Å². The lowest BCUT2D eigenvalue weighted by Gasteiger charge is -2.21. The Morgan fingerprint density at radius 3 is 2.09 bits per heavy atom. The second-order valence-electron chi connectivity index (χ2n) is 9.12. The summed E-state index contributed by atoms with van der Waals surface area (Å²) in [6, 6.07) is 20.9. The maximum atomic E-state index is 12.6. The average Bonchev–Trinajstić information content (AvgIpc) is 3.43. The van der Waals surface area contributed by atoms with E-state index < -0.39 is 0 Å². The third-order valence-corrected chi connectivity index (χ3v) is 7.96. The van der Waals surface area contributed by atoms with Crippen LogP contribution in [0, 0.1) is 0 Å². The predicted octanol–water partition coefficient (Wildman–Crippen LogP) is 7.11. The molecule has 0 saturated heterocycles. The molecule has 5 rings (SSSR count). The summed E-state index contributed by atoms with van der Waals surface area (Å²) in [6.07, 6.45) is 4.22. The third-order valence-electron chi connectivity index (χ3n) is 6.98. The van der Waals surface area contributed by atoms with Crippen molar-refractivity contribution in [1.29, 1.82) is 0 Å². The van der Waals surface area contributed by atoms with Gasteiger partial charge < -0.3 is 16.0 Å². The fraction of sp³-hybridized carbons (Fsp3) is 0.345. The predicted molar refractivity (Wildman–Crippen MR) is 152 cm³/mol. The Kier molecular flexibility index (Phi) is 8.68. The molecule has 0 heterocycles. The minimum absolute atomic E-state index is 0.00173. The van der Waals surface area contributed by atoms with E-state index in [1.54, 1.807) is 0 Å². The van der Waals surface area contributed by atoms with Crippen LogP contribution in [0.2, 0.25) is 0 Å². The lowest BCUT2D eigenvalue weighted by Crippen LogP contribution is -2.27. The first-order valence-electron chi connectivity index (χ1n) is 12.4. The monoisotopic (exact) mass is 597 g/mol. The van der Waals surface area contributed by atoms with Gasteiger partial charge in [0.2, 0.25) is 0 Å². The number of nitrogens with zero attached hydrogens (tertiary/aromatic N) is 1. The van der Waals surface area contributed by atoms with Gasteiger partial charge in [0.1, 0.15) is 0 Å². The number of carbonyl (C=O) groups excluding carboxylic acids is 1. The zero-order valence-electron chi connectivity index (χ0n) is 20.4. The van der Waals surface area contributed by atoms with Crippen molar-refractivity contribution in [2.75, 3.05) is 18.0 Å². The Bertz CT molecular complexity index is 1180. The summed E-state index contributed by atoms with van der Waals surface area (Å²) in [5.41, 5.74) is 13.1. The number of carbonyl (C=O) groups is 1. The largest absolute Gasteiger partial charge is 0.372 e. The summed E-state index contributed by atoms with van der Waals surface area (Å²) in [7, 11) is 0. The van der Waals surface area contributed by atoms with Crippen molar-refractivity contribution in [3.63, 3.8) is 0 Å². The first-order chi connectivity index (χ1) is 16.9. The highest BCUT2D eigenvalue weighted by atomic mass is 79.9. The number of benzene rings is 3. The Labute approximate surface area is 225 Å². The van der Waals surface area contributed by atoms with E-state index in [1.807, 2.05) is 30.3 Å². The number of hydrogen-bond acceptors (Lipinski definition) is 3. The molecule has 3 aromatic rings. The Balaban J connectivity index is 0.000000218. The molecule has 0 radical (unpaired) electrons. The van der Waals surface area contributed by atoms with Gasteiger partial charge in [-0.3, -0.25) is 4.79 Å². The summed E-state index contributed by atoms with van der Waals surface area (Å²) >= 11 is 6.96. The molecule has 2 unspecified atom stereocenters. The van der Waals surface area contributed by atoms with E-state index in [4.69, 9.17) is 5.73 Å². The summed E-state index contributed by atoms with van der Waals surface area (Å²) in [4.78, 5) is 14.8. The maximum absolute atomic E-state index is 12.6. The molecule has 0 spiro atoms. The minimum atomic E-state index is 0.00173. The Morgan fingerprint density at radius 2 is 1.46 bits per heavy atom. The number of rotatable bonds is 5. The lowest BCUT2D eigenvalue weighted by molar-refractivity contribution is 0.0936. The van der Waals surface area contributed by atoms with E-state index in [0.717, 1.165) is 59.0 Å². The molecular formula is C29H33Br2N3O. The molecule has 2 atom stereocenters. The lowest BCUT2D eigenvalue weighted by atomic mass is 10.1. The van der Waals surface area contributed by atoms with Crippen molar-refractivity contribution < 1.29 is 4.79 Å². The zero-order valence-corrected chi connectivity index (χ0v) is 23.5. The highest BCUT2D eigenvalue weighted by Crippen LogP contribution is 2.33. The molecule has 6 heteroatoms. The zero-order chi connectivity index (χ0) is 24.9. The molecule has 0 fully saturated rings. The molecule has 3 aromatic carbocycles. The van der Waals surface area contributed by atoms with Crippen molar-refractivity contribution in [1.82, 2.24) is 5.32 Å². The van der Waals surface area contributed by atoms with Gasteiger partial charge in [0.25, 0.3) is 5.91 Å². The topological polar surface area (TPSA) is 58.4 Å². The van der Waals surface area contributed by atoms with E-state index in [9.17, 15) is 4.79 Å². The van der Waals surface area contributed by atoms with Crippen molar-refractivity contribution in [2.24, 2.45) is 5.73 Å². The fourth-order valence-corrected chi connectivity index (χ4v) is 5.83. The average molecular weight is 599 g/mol. The summed E-state index contributed by atoms with van der Waals surface area (Å²) in [5.74, 6) is 0.00173. The van der Waals surface area contributed by atoms with E-state index in [2.05, 4.69) is 86.3 Å². The van der Waals surface area contributed by atoms with Crippen LogP contribution >= 0.6 is 31.9 Å². The summed E-state index contributed by atoms with van der Waals surface area (Å²) in [5, 5.41) is 3.18. The summed E-state index contributed by atoms with van der Waals surface area (Å²) < 4.78 is 2.26. The van der Waals surface area contributed by atoms with Crippen LogP contribution in [0.25, 0.3) is 0 Å². The van der Waals surface area contributed by atoms with Crippen molar-refractivity contribution >= 4 is 43.5 Å². The Morgan fingerprint density at radius 1 is 0.886 bits per heavy atom. The molecule has 4 nitrogen and oxygen atoms in total. The maximum Gasteiger partial charge on any atom is 0.251 e. The molecule has 1 amide bonds. The van der Waals surface area contributed by atoms with Crippen LogP contribution in [0.4, 0.5) is 5.69 Å². The van der Waals surface area contributed by atoms with Crippen LogP contribution in [0.5, 0.6) is 0 Å². The molecule has 0 aromatic heterocycles. The van der Waals surface area contributed by atoms with E-state index >= 15 is 0 Å². The van der Waals surface area contributed by atoms with Crippen molar-refractivity contribution in [2.45, 2.75) is 51.6 Å². The van der Waals surface area contributed by atoms with Crippen molar-refractivity contribution in [3.05, 3.63) is 97.4 Å². The van der Waals surface area contributed by atoms with Gasteiger partial charge >= 0.3 is 0 Å². The van der Waals surface area contributed by atoms with Crippen molar-refractivity contribution in [3.8, 4) is 0 Å². The highest BCUT2D eigenvalue weighted by molar-refractivity contribution is 9.10. The number of fused-ring (bicyclic) bond motifs is 2. The minimum Gasteiger partial charge on any atom is -0.372 e. The number of nitrogens with two attached hydrogens (primary N) is 1. The van der Waals surface area contributed by atoms with Gasteiger partial charge in [-0.1, -0.05) is 44.0 Å². The van der Waals surface area contributed by atoms with E-state index in [0.29, 0.717) is 0 Å². The van der Waals surface area contributed by atoms with Gasteiger partial charge in [-0.05, 0) is 110 Å². The molecule has 0 bridgehead atoms. The SMILES string of the molecule is CCN(CC)c1ccc(C(=O)NC2CCc3cc(Br)ccc32)cc1.NC1CCc2cc(Br)ccc21. The number of nitrogens with one attached hydrogen (secondary N) is 1. The molecular weight excluding hydrogens is 566 g/mol. The van der Waals surface area contributed by atoms with Crippen LogP contribution in [0.1, 0.15) is 71.4 Å². The Hall–Kier alpha value is -2.15. The molecule has 184 valence electrons. The number of anilines is 1. The molecule has 2 aliphatic rings. The number of amides is 1. The molecule has 2 aliphatic carbocycles. The smallest absolute Gasteiger partial charge is 0.251 e. The van der Waals surface area contributed by atoms with Gasteiger partial charge in [-0.2, -0.15) is 0 Å². The van der Waals surface area contributed by atoms with Crippen LogP contribution in [-0.2, 0) is 12.8 Å². The second kappa shape index (κ2) is 11.7. The number of aryl methyl sites for hydroxylation is 2. The van der Waals surface area contributed by atoms with Gasteiger partial charge in [0.15, 0.2) is 0 Å². The first-order valence-corrected chi connectivity index (χ1v) is 14.0. The molecule has 35 heavy (non-hydrogen) atoms. The molecule has 0 saturated carbocycles. The number of halogens is 2. The normalized spacial score (nSPS) is 17.7. The van der Waals surface area contributed by atoms with Gasteiger partial charge in [0, 0.05) is 39.3 Å². The quantitative estimate of drug-likeness (QED) is 0.329. The third kappa shape index (κ3) is 6.16. The second-order valence-corrected chi connectivity index (χ2v) is 10.9. The number of hydrogen-bond donors (Lipinski definition) is 2. The van der Waals surface area contributed by atoms with E-state index in [1.165, 1.54) is 22.3 Å². The molecule has 0 aliphatic heterocycles. The van der Waals surface area contributed by atoms with Crippen LogP contribution in [0.15, 0.2) is 69.6 Å². The van der Waals surface area contributed by atoms with Gasteiger partial charge in [-0.15, -0.1) is 0 Å². The highest BCUT2D eigenvalue weighted by Gasteiger charge is 2.24. The molecule has 3 N–H and O–H groups in total. The van der Waals surface area contributed by atoms with Crippen LogP contribution in [-0.4, -0.2) is 19.0 Å². The van der Waals surface area contributed by atoms with Gasteiger partial charge in [0.05, 0.1) is 6.04 Å². The van der Waals surface area contributed by atoms with Gasteiger partial charge in [-0.25, -0.2) is 0 Å². The summed E-state index contributed by atoms with van der Waals surface area (Å²) in [6.45, 7) is 6.22. The van der Waals surface area contributed by atoms with Crippen LogP contribution < -0.4 is 16.0 Å².